The van der Waals surface area contributed by atoms with Crippen molar-refractivity contribution in [2.24, 2.45) is 0 Å². The summed E-state index contributed by atoms with van der Waals surface area (Å²) in [4.78, 5) is 2.34. The largest absolute Gasteiger partial charge is 0.453 e. The zero-order valence-corrected chi connectivity index (χ0v) is 31.1. The van der Waals surface area contributed by atoms with Gasteiger partial charge in [0.05, 0.1) is 5.52 Å². The number of benzene rings is 9. The van der Waals surface area contributed by atoms with E-state index in [0.717, 1.165) is 66.8 Å². The number of fused-ring (bicyclic) bond motifs is 6. The first-order chi connectivity index (χ1) is 28.3. The van der Waals surface area contributed by atoms with Crippen LogP contribution in [0.5, 0.6) is 0 Å². The van der Waals surface area contributed by atoms with E-state index in [1.165, 1.54) is 33.0 Å². The number of rotatable bonds is 7. The molecule has 0 atom stereocenters. The molecule has 0 aliphatic heterocycles. The SMILES string of the molecule is c1ccc(-c2ccc(N(c3ccc(-c4cccc5ccccc45)cc3)c3ccc(-c4cccc5c4oc4c6ccccc6n(-c6ccccc6)c54)cc3)cc2)cc1. The normalized spacial score (nSPS) is 11.5. The maximum atomic E-state index is 6.86. The Bertz CT molecular complexity index is 3190. The van der Waals surface area contributed by atoms with Crippen molar-refractivity contribution >= 4 is 60.8 Å². The zero-order chi connectivity index (χ0) is 37.7. The van der Waals surface area contributed by atoms with Gasteiger partial charge in [-0.25, -0.2) is 0 Å². The average Bonchev–Trinajstić information content (AvgIpc) is 3.83. The van der Waals surface area contributed by atoms with Gasteiger partial charge in [0.15, 0.2) is 5.58 Å². The Morgan fingerprint density at radius 2 is 0.825 bits per heavy atom. The third kappa shape index (κ3) is 5.60. The molecule has 0 saturated carbocycles. The first kappa shape index (κ1) is 32.8. The van der Waals surface area contributed by atoms with E-state index in [1.807, 2.05) is 0 Å². The van der Waals surface area contributed by atoms with E-state index in [2.05, 4.69) is 228 Å². The van der Waals surface area contributed by atoms with Gasteiger partial charge in [-0.15, -0.1) is 0 Å². The van der Waals surface area contributed by atoms with Crippen LogP contribution in [-0.4, -0.2) is 4.57 Å². The van der Waals surface area contributed by atoms with Gasteiger partial charge < -0.3 is 13.9 Å². The number of nitrogens with zero attached hydrogens (tertiary/aromatic N) is 2. The highest BCUT2D eigenvalue weighted by atomic mass is 16.3. The van der Waals surface area contributed by atoms with E-state index in [-0.39, 0.29) is 0 Å². The molecule has 0 amide bonds. The molecular weight excluding hydrogens is 693 g/mol. The second-order valence-corrected chi connectivity index (χ2v) is 14.5. The molecule has 0 aliphatic carbocycles. The summed E-state index contributed by atoms with van der Waals surface area (Å²) in [5.41, 5.74) is 15.4. The Balaban J connectivity index is 1.01. The smallest absolute Gasteiger partial charge is 0.161 e. The van der Waals surface area contributed by atoms with Crippen molar-refractivity contribution in [2.45, 2.75) is 0 Å². The number of furan rings is 1. The lowest BCUT2D eigenvalue weighted by molar-refractivity contribution is 0.674. The Kier molecular flexibility index (Phi) is 7.82. The molecule has 0 unspecified atom stereocenters. The molecular formula is C54H36N2O. The predicted octanol–water partition coefficient (Wildman–Crippen LogP) is 15.2. The molecule has 9 aromatic carbocycles. The van der Waals surface area contributed by atoms with Crippen molar-refractivity contribution in [1.29, 1.82) is 0 Å². The summed E-state index contributed by atoms with van der Waals surface area (Å²) in [7, 11) is 0. The van der Waals surface area contributed by atoms with Gasteiger partial charge in [-0.2, -0.15) is 0 Å². The molecule has 3 heteroatoms. The number of para-hydroxylation sites is 3. The van der Waals surface area contributed by atoms with E-state index >= 15 is 0 Å². The highest BCUT2D eigenvalue weighted by Crippen LogP contribution is 2.43. The molecule has 0 bridgehead atoms. The van der Waals surface area contributed by atoms with Crippen LogP contribution in [0.1, 0.15) is 0 Å². The maximum Gasteiger partial charge on any atom is 0.161 e. The monoisotopic (exact) mass is 728 g/mol. The number of hydrogen-bond acceptors (Lipinski definition) is 2. The minimum Gasteiger partial charge on any atom is -0.453 e. The van der Waals surface area contributed by atoms with E-state index in [9.17, 15) is 0 Å². The van der Waals surface area contributed by atoms with Gasteiger partial charge in [-0.3, -0.25) is 0 Å². The minimum absolute atomic E-state index is 0.892. The molecule has 2 aromatic heterocycles. The molecule has 0 aliphatic rings. The van der Waals surface area contributed by atoms with Gasteiger partial charge in [0, 0.05) is 39.1 Å². The Morgan fingerprint density at radius 1 is 0.333 bits per heavy atom. The van der Waals surface area contributed by atoms with Crippen LogP contribution in [0.4, 0.5) is 17.1 Å². The highest BCUT2D eigenvalue weighted by Gasteiger charge is 2.21. The molecule has 11 aromatic rings. The lowest BCUT2D eigenvalue weighted by Crippen LogP contribution is -2.09. The third-order valence-electron chi connectivity index (χ3n) is 11.2. The minimum atomic E-state index is 0.892. The topological polar surface area (TPSA) is 21.3 Å². The van der Waals surface area contributed by atoms with E-state index in [4.69, 9.17) is 4.42 Å². The van der Waals surface area contributed by atoms with Crippen molar-refractivity contribution in [1.82, 2.24) is 4.57 Å². The molecule has 268 valence electrons. The summed E-state index contributed by atoms with van der Waals surface area (Å²) in [6.07, 6.45) is 0. The molecule has 0 saturated heterocycles. The Morgan fingerprint density at radius 3 is 1.53 bits per heavy atom. The third-order valence-corrected chi connectivity index (χ3v) is 11.2. The second kappa shape index (κ2) is 13.6. The molecule has 2 heterocycles. The molecule has 11 rings (SSSR count). The Labute approximate surface area is 330 Å². The number of aromatic nitrogens is 1. The van der Waals surface area contributed by atoms with Gasteiger partial charge >= 0.3 is 0 Å². The number of anilines is 3. The van der Waals surface area contributed by atoms with E-state index in [0.29, 0.717) is 0 Å². The first-order valence-corrected chi connectivity index (χ1v) is 19.4. The number of hydrogen-bond donors (Lipinski definition) is 0. The summed E-state index contributed by atoms with van der Waals surface area (Å²) < 4.78 is 9.19. The quantitative estimate of drug-likeness (QED) is 0.163. The summed E-state index contributed by atoms with van der Waals surface area (Å²) in [6, 6.07) is 77.9. The first-order valence-electron chi connectivity index (χ1n) is 19.4. The predicted molar refractivity (Wildman–Crippen MR) is 239 cm³/mol. The van der Waals surface area contributed by atoms with Crippen LogP contribution in [0.2, 0.25) is 0 Å². The average molecular weight is 729 g/mol. The van der Waals surface area contributed by atoms with Gasteiger partial charge in [-0.05, 0) is 105 Å². The maximum absolute atomic E-state index is 6.86. The molecule has 0 radical (unpaired) electrons. The van der Waals surface area contributed by atoms with Crippen molar-refractivity contribution in [3.63, 3.8) is 0 Å². The fourth-order valence-corrected chi connectivity index (χ4v) is 8.50. The molecule has 0 spiro atoms. The van der Waals surface area contributed by atoms with Crippen LogP contribution < -0.4 is 4.90 Å². The van der Waals surface area contributed by atoms with Gasteiger partial charge in [-0.1, -0.05) is 152 Å². The second-order valence-electron chi connectivity index (χ2n) is 14.5. The molecule has 3 nitrogen and oxygen atoms in total. The van der Waals surface area contributed by atoms with Gasteiger partial charge in [0.25, 0.3) is 0 Å². The Hall–Kier alpha value is -7.62. The van der Waals surface area contributed by atoms with Crippen LogP contribution in [-0.2, 0) is 0 Å². The fraction of sp³-hybridized carbons (Fsp3) is 0. The van der Waals surface area contributed by atoms with Crippen molar-refractivity contribution < 1.29 is 4.42 Å². The molecule has 0 fully saturated rings. The summed E-state index contributed by atoms with van der Waals surface area (Å²) in [5, 5.41) is 4.70. The van der Waals surface area contributed by atoms with Crippen LogP contribution in [0.3, 0.4) is 0 Å². The lowest BCUT2D eigenvalue weighted by atomic mass is 9.98. The lowest BCUT2D eigenvalue weighted by Gasteiger charge is -2.26. The standard InChI is InChI=1S/C54H36N2O/c1-3-13-37(14-4-1)38-25-31-43(32-26-38)55(44-33-27-40(28-34-44)47-21-11-16-39-15-7-8-19-46(39)47)45-35-29-41(30-36-45)48-22-12-23-50-52-54(57-53(48)50)49-20-9-10-24-51(49)56(52)42-17-5-2-6-18-42/h1-36H. The molecule has 57 heavy (non-hydrogen) atoms. The van der Waals surface area contributed by atoms with Gasteiger partial charge in [0.1, 0.15) is 11.1 Å². The van der Waals surface area contributed by atoms with Crippen LogP contribution in [0.15, 0.2) is 223 Å². The van der Waals surface area contributed by atoms with Crippen molar-refractivity contribution in [2.75, 3.05) is 4.90 Å². The summed E-state index contributed by atoms with van der Waals surface area (Å²) in [5.74, 6) is 0. The highest BCUT2D eigenvalue weighted by molar-refractivity contribution is 6.18. The van der Waals surface area contributed by atoms with Crippen molar-refractivity contribution in [3.8, 4) is 39.1 Å². The van der Waals surface area contributed by atoms with E-state index in [1.54, 1.807) is 0 Å². The van der Waals surface area contributed by atoms with Crippen LogP contribution in [0.25, 0.3) is 82.8 Å². The van der Waals surface area contributed by atoms with Gasteiger partial charge in [0.2, 0.25) is 0 Å². The van der Waals surface area contributed by atoms with Crippen molar-refractivity contribution in [3.05, 3.63) is 218 Å². The van der Waals surface area contributed by atoms with Crippen LogP contribution >= 0.6 is 0 Å². The van der Waals surface area contributed by atoms with Crippen LogP contribution in [0, 0.1) is 0 Å². The summed E-state index contributed by atoms with van der Waals surface area (Å²) in [6.45, 7) is 0. The summed E-state index contributed by atoms with van der Waals surface area (Å²) >= 11 is 0. The fourth-order valence-electron chi connectivity index (χ4n) is 8.50. The zero-order valence-electron chi connectivity index (χ0n) is 31.1. The van der Waals surface area contributed by atoms with E-state index < -0.39 is 0 Å². The molecule has 0 N–H and O–H groups in total.